The van der Waals surface area contributed by atoms with E-state index in [9.17, 15) is 22.8 Å². The van der Waals surface area contributed by atoms with E-state index in [1.165, 1.54) is 34.4 Å². The lowest BCUT2D eigenvalue weighted by molar-refractivity contribution is -0.146. The third-order valence-corrected chi connectivity index (χ3v) is 10.8. The van der Waals surface area contributed by atoms with Gasteiger partial charge in [-0.3, -0.25) is 9.59 Å². The number of H-pyrrole nitrogens is 1. The number of hydrogen-bond donors (Lipinski definition) is 3. The van der Waals surface area contributed by atoms with E-state index < -0.39 is 17.3 Å². The molecule has 0 saturated heterocycles. The highest BCUT2D eigenvalue weighted by atomic mass is 32.2. The molecular formula is C31H25F3N8O2S4. The van der Waals surface area contributed by atoms with E-state index in [0.717, 1.165) is 25.9 Å². The van der Waals surface area contributed by atoms with Gasteiger partial charge in [-0.05, 0) is 60.3 Å². The van der Waals surface area contributed by atoms with E-state index in [2.05, 4.69) is 36.0 Å². The van der Waals surface area contributed by atoms with Crippen molar-refractivity contribution >= 4 is 69.4 Å². The second-order valence-corrected chi connectivity index (χ2v) is 14.0. The summed E-state index contributed by atoms with van der Waals surface area (Å²) in [4.78, 5) is 30.4. The molecule has 0 aliphatic carbocycles. The molecule has 10 nitrogen and oxygen atoms in total. The third-order valence-electron chi connectivity index (χ3n) is 6.67. The second-order valence-electron chi connectivity index (χ2n) is 9.98. The zero-order valence-electron chi connectivity index (χ0n) is 24.9. The number of thioether (sulfide) groups is 2. The number of hydrogen-bond acceptors (Lipinski definition) is 10. The summed E-state index contributed by atoms with van der Waals surface area (Å²) in [6.45, 7) is 2.56. The maximum atomic E-state index is 13.9. The number of aromatic amines is 1. The van der Waals surface area contributed by atoms with Gasteiger partial charge in [0.1, 0.15) is 0 Å². The number of carbonyl (C=O) groups excluding carboxylic acids is 2. The number of halogens is 3. The summed E-state index contributed by atoms with van der Waals surface area (Å²) >= 11 is 4.39. The Kier molecular flexibility index (Phi) is 10.3. The van der Waals surface area contributed by atoms with Gasteiger partial charge in [-0.1, -0.05) is 59.9 Å². The minimum Gasteiger partial charge on any atom is -0.325 e. The number of nitrogens with zero attached hydrogens (tertiary/aromatic N) is 5. The molecule has 0 saturated carbocycles. The number of thiophene rings is 2. The van der Waals surface area contributed by atoms with E-state index in [1.54, 1.807) is 36.4 Å². The van der Waals surface area contributed by atoms with Crippen LogP contribution < -0.4 is 10.6 Å². The number of benzene rings is 2. The predicted octanol–water partition coefficient (Wildman–Crippen LogP) is 7.93. The fraction of sp³-hybridized carbons (Fsp3) is 0.161. The minimum atomic E-state index is -4.83. The van der Waals surface area contributed by atoms with Gasteiger partial charge in [-0.15, -0.1) is 43.1 Å². The number of carbonyl (C=O) groups is 2. The summed E-state index contributed by atoms with van der Waals surface area (Å²) in [5, 5.41) is 21.5. The Labute approximate surface area is 288 Å². The van der Waals surface area contributed by atoms with Gasteiger partial charge in [0.05, 0.1) is 15.5 Å². The SMILES string of the molecule is CCn1c(SCC(=O)Nc2ccccc2)nnc1-c1ccc(-c2ccc(NC(=O)C(Sc3nnc(-c4cccs4)[nH]3)C(F)(F)F)cc2)s1. The standard InChI is InChI=1S/C31H25F3N8O2S4/c1-2-42-27(39-41-30(42)46-17-24(43)35-19-7-4-3-5-8-19)23-15-14-21(47-23)18-10-12-20(13-11-18)36-28(44)25(31(32,33)34)48-29-37-26(38-40-29)22-9-6-16-45-22/h3-16,25H,2,17H2,1H3,(H,35,43)(H,36,44)(H,37,38,40). The molecule has 6 aromatic rings. The highest BCUT2D eigenvalue weighted by Crippen LogP contribution is 2.37. The Hall–Kier alpha value is -4.45. The highest BCUT2D eigenvalue weighted by Gasteiger charge is 2.46. The summed E-state index contributed by atoms with van der Waals surface area (Å²) < 4.78 is 43.7. The average molecular weight is 727 g/mol. The summed E-state index contributed by atoms with van der Waals surface area (Å²) in [6, 6.07) is 23.2. The smallest absolute Gasteiger partial charge is 0.325 e. The minimum absolute atomic E-state index is 0.113. The van der Waals surface area contributed by atoms with Crippen LogP contribution in [0.3, 0.4) is 0 Å². The Morgan fingerprint density at radius 3 is 2.33 bits per heavy atom. The van der Waals surface area contributed by atoms with Gasteiger partial charge >= 0.3 is 6.18 Å². The largest absolute Gasteiger partial charge is 0.409 e. The molecule has 2 amide bonds. The molecule has 1 atom stereocenters. The van der Waals surface area contributed by atoms with Crippen molar-refractivity contribution in [3.8, 4) is 31.8 Å². The maximum absolute atomic E-state index is 13.9. The zero-order valence-corrected chi connectivity index (χ0v) is 28.2. The van der Waals surface area contributed by atoms with Gasteiger partial charge < -0.3 is 20.2 Å². The number of anilines is 2. The third kappa shape index (κ3) is 7.98. The lowest BCUT2D eigenvalue weighted by Crippen LogP contribution is -2.38. The first-order valence-corrected chi connectivity index (χ1v) is 17.9. The topological polar surface area (TPSA) is 130 Å². The van der Waals surface area contributed by atoms with E-state index in [1.807, 2.05) is 59.3 Å². The van der Waals surface area contributed by atoms with Gasteiger partial charge in [-0.2, -0.15) is 13.2 Å². The molecule has 2 aromatic carbocycles. The monoisotopic (exact) mass is 726 g/mol. The first-order chi connectivity index (χ1) is 23.2. The number of rotatable bonds is 12. The van der Waals surface area contributed by atoms with Crippen LogP contribution in [0.4, 0.5) is 24.5 Å². The molecule has 0 spiro atoms. The van der Waals surface area contributed by atoms with Crippen LogP contribution in [-0.4, -0.2) is 58.9 Å². The molecule has 0 bridgehead atoms. The van der Waals surface area contributed by atoms with E-state index >= 15 is 0 Å². The summed E-state index contributed by atoms with van der Waals surface area (Å²) in [5.74, 6) is -0.210. The number of nitrogens with one attached hydrogen (secondary N) is 3. The fourth-order valence-electron chi connectivity index (χ4n) is 4.45. The van der Waals surface area contributed by atoms with Gasteiger partial charge in [0, 0.05) is 22.8 Å². The van der Waals surface area contributed by atoms with Crippen molar-refractivity contribution in [2.24, 2.45) is 0 Å². The molecule has 246 valence electrons. The molecule has 3 N–H and O–H groups in total. The number of alkyl halides is 3. The normalized spacial score (nSPS) is 12.2. The van der Waals surface area contributed by atoms with E-state index in [-0.39, 0.29) is 34.3 Å². The van der Waals surface area contributed by atoms with Crippen LogP contribution in [0.2, 0.25) is 0 Å². The molecule has 0 aliphatic heterocycles. The Balaban J connectivity index is 1.09. The molecule has 6 rings (SSSR count). The molecule has 4 aromatic heterocycles. The number of amides is 2. The Bertz CT molecular complexity index is 1990. The second kappa shape index (κ2) is 14.8. The van der Waals surface area contributed by atoms with Crippen LogP contribution in [-0.2, 0) is 16.1 Å². The van der Waals surface area contributed by atoms with Crippen LogP contribution in [0.5, 0.6) is 0 Å². The number of aromatic nitrogens is 6. The number of para-hydroxylation sites is 1. The highest BCUT2D eigenvalue weighted by molar-refractivity contribution is 8.00. The summed E-state index contributed by atoms with van der Waals surface area (Å²) in [7, 11) is 0. The molecule has 17 heteroatoms. The molecule has 0 radical (unpaired) electrons. The van der Waals surface area contributed by atoms with Crippen molar-refractivity contribution in [2.45, 2.75) is 35.2 Å². The van der Waals surface area contributed by atoms with Crippen LogP contribution in [0.25, 0.3) is 31.8 Å². The van der Waals surface area contributed by atoms with Crippen molar-refractivity contribution in [3.05, 3.63) is 84.2 Å². The van der Waals surface area contributed by atoms with E-state index in [4.69, 9.17) is 0 Å². The zero-order chi connectivity index (χ0) is 33.7. The lowest BCUT2D eigenvalue weighted by atomic mass is 10.1. The van der Waals surface area contributed by atoms with Crippen LogP contribution in [0.15, 0.2) is 94.6 Å². The Morgan fingerprint density at radius 2 is 1.62 bits per heavy atom. The molecule has 48 heavy (non-hydrogen) atoms. The maximum Gasteiger partial charge on any atom is 0.409 e. The van der Waals surface area contributed by atoms with Gasteiger partial charge in [-0.25, -0.2) is 0 Å². The first-order valence-electron chi connectivity index (χ1n) is 14.3. The van der Waals surface area contributed by atoms with Crippen LogP contribution in [0.1, 0.15) is 6.92 Å². The fourth-order valence-corrected chi connectivity index (χ4v) is 7.69. The molecular weight excluding hydrogens is 702 g/mol. The van der Waals surface area contributed by atoms with Gasteiger partial charge in [0.2, 0.25) is 11.8 Å². The molecule has 4 heterocycles. The van der Waals surface area contributed by atoms with Crippen LogP contribution in [0, 0.1) is 0 Å². The van der Waals surface area contributed by atoms with Crippen molar-refractivity contribution in [3.63, 3.8) is 0 Å². The van der Waals surface area contributed by atoms with Crippen molar-refractivity contribution in [2.75, 3.05) is 16.4 Å². The quantitative estimate of drug-likeness (QED) is 0.108. The van der Waals surface area contributed by atoms with Gasteiger partial charge in [0.15, 0.2) is 27.2 Å². The summed E-state index contributed by atoms with van der Waals surface area (Å²) in [6.07, 6.45) is -4.83. The lowest BCUT2D eigenvalue weighted by Gasteiger charge is -2.18. The van der Waals surface area contributed by atoms with Crippen molar-refractivity contribution in [1.82, 2.24) is 29.9 Å². The van der Waals surface area contributed by atoms with Crippen molar-refractivity contribution in [1.29, 1.82) is 0 Å². The molecule has 0 aliphatic rings. The Morgan fingerprint density at radius 1 is 0.875 bits per heavy atom. The van der Waals surface area contributed by atoms with Gasteiger partial charge in [0.25, 0.3) is 0 Å². The average Bonchev–Trinajstić information content (AvgIpc) is 3.90. The van der Waals surface area contributed by atoms with Crippen molar-refractivity contribution < 1.29 is 22.8 Å². The first kappa shape index (κ1) is 33.5. The molecule has 0 fully saturated rings. The summed E-state index contributed by atoms with van der Waals surface area (Å²) in [5.41, 5.74) is 1.75. The molecule has 1 unspecified atom stereocenters. The predicted molar refractivity (Wildman–Crippen MR) is 184 cm³/mol. The van der Waals surface area contributed by atoms with Crippen LogP contribution >= 0.6 is 46.2 Å². The van der Waals surface area contributed by atoms with E-state index in [0.29, 0.717) is 23.4 Å².